The van der Waals surface area contributed by atoms with Gasteiger partial charge in [-0.25, -0.2) is 0 Å². The molecule has 162 valence electrons. The second-order valence-corrected chi connectivity index (χ2v) is 8.74. The standard InChI is InChI=1S/C20H17ClN2O6S2/c21-15-10-12(23(27)28)5-7-14(15)16-8-6-13(29-16)11-17-19(26)22(20(30)31-17)9-3-1-2-4-18(24)25/h5-8,10-11H,1-4,9H2,(H,24,25)/b17-11-. The van der Waals surface area contributed by atoms with E-state index in [0.29, 0.717) is 52.1 Å². The number of furan rings is 1. The number of carboxylic acids is 1. The number of hydrogen-bond donors (Lipinski definition) is 1. The first-order valence-corrected chi connectivity index (χ1v) is 10.9. The predicted octanol–water partition coefficient (Wildman–Crippen LogP) is 5.35. The van der Waals surface area contributed by atoms with E-state index >= 15 is 0 Å². The Balaban J connectivity index is 1.67. The Morgan fingerprint density at radius 2 is 2.06 bits per heavy atom. The van der Waals surface area contributed by atoms with Gasteiger partial charge in [0, 0.05) is 36.7 Å². The fraction of sp³-hybridized carbons (Fsp3) is 0.250. The number of halogens is 1. The lowest BCUT2D eigenvalue weighted by Crippen LogP contribution is -2.29. The van der Waals surface area contributed by atoms with Crippen molar-refractivity contribution in [1.82, 2.24) is 4.90 Å². The Kier molecular flexibility index (Phi) is 7.47. The first kappa shape index (κ1) is 23.0. The molecule has 1 saturated heterocycles. The van der Waals surface area contributed by atoms with Crippen molar-refractivity contribution in [2.75, 3.05) is 6.54 Å². The molecular formula is C20H17ClN2O6S2. The number of aliphatic carboxylic acids is 1. The first-order chi connectivity index (χ1) is 14.8. The summed E-state index contributed by atoms with van der Waals surface area (Å²) in [5, 5.41) is 19.7. The fourth-order valence-corrected chi connectivity index (χ4v) is 4.49. The van der Waals surface area contributed by atoms with Crippen LogP contribution in [-0.4, -0.2) is 37.7 Å². The van der Waals surface area contributed by atoms with Gasteiger partial charge in [-0.05, 0) is 31.0 Å². The zero-order chi connectivity index (χ0) is 22.5. The number of thioether (sulfide) groups is 1. The summed E-state index contributed by atoms with van der Waals surface area (Å²) in [6.45, 7) is 0.434. The lowest BCUT2D eigenvalue weighted by atomic mass is 10.1. The molecule has 11 heteroatoms. The van der Waals surface area contributed by atoms with Crippen LogP contribution in [0.5, 0.6) is 0 Å². The maximum absolute atomic E-state index is 12.7. The van der Waals surface area contributed by atoms with E-state index in [0.717, 1.165) is 0 Å². The Morgan fingerprint density at radius 3 is 2.74 bits per heavy atom. The molecule has 0 aliphatic carbocycles. The average molecular weight is 481 g/mol. The van der Waals surface area contributed by atoms with Gasteiger partial charge in [-0.1, -0.05) is 42.0 Å². The minimum absolute atomic E-state index is 0.109. The van der Waals surface area contributed by atoms with Gasteiger partial charge in [0.25, 0.3) is 11.6 Å². The molecule has 31 heavy (non-hydrogen) atoms. The topological polar surface area (TPSA) is 114 Å². The second kappa shape index (κ2) is 10.1. The van der Waals surface area contributed by atoms with Gasteiger partial charge in [-0.2, -0.15) is 0 Å². The van der Waals surface area contributed by atoms with Gasteiger partial charge in [-0.15, -0.1) is 0 Å². The van der Waals surface area contributed by atoms with Crippen LogP contribution in [0.25, 0.3) is 17.4 Å². The summed E-state index contributed by atoms with van der Waals surface area (Å²) >= 11 is 12.6. The number of carboxylic acid groups (broad SMARTS) is 1. The van der Waals surface area contributed by atoms with Crippen LogP contribution in [0.1, 0.15) is 31.4 Å². The lowest BCUT2D eigenvalue weighted by Gasteiger charge is -2.13. The predicted molar refractivity (Wildman–Crippen MR) is 122 cm³/mol. The third-order valence-corrected chi connectivity index (χ3v) is 6.17. The van der Waals surface area contributed by atoms with Crippen molar-refractivity contribution < 1.29 is 24.0 Å². The van der Waals surface area contributed by atoms with Crippen molar-refractivity contribution in [3.63, 3.8) is 0 Å². The molecule has 1 amide bonds. The zero-order valence-electron chi connectivity index (χ0n) is 16.1. The summed E-state index contributed by atoms with van der Waals surface area (Å²) in [6, 6.07) is 7.44. The molecule has 1 aromatic heterocycles. The number of rotatable bonds is 9. The number of amides is 1. The van der Waals surface area contributed by atoms with Gasteiger partial charge >= 0.3 is 5.97 Å². The van der Waals surface area contributed by atoms with E-state index < -0.39 is 10.9 Å². The van der Waals surface area contributed by atoms with Crippen molar-refractivity contribution in [1.29, 1.82) is 0 Å². The molecular weight excluding hydrogens is 464 g/mol. The van der Waals surface area contributed by atoms with Crippen LogP contribution in [-0.2, 0) is 9.59 Å². The molecule has 3 rings (SSSR count). The molecule has 2 aromatic rings. The van der Waals surface area contributed by atoms with E-state index in [2.05, 4.69) is 0 Å². The highest BCUT2D eigenvalue weighted by atomic mass is 35.5. The number of hydrogen-bond acceptors (Lipinski definition) is 7. The van der Waals surface area contributed by atoms with Gasteiger partial charge < -0.3 is 9.52 Å². The molecule has 1 aliphatic heterocycles. The number of non-ortho nitro benzene ring substituents is 1. The minimum Gasteiger partial charge on any atom is -0.481 e. The van der Waals surface area contributed by atoms with E-state index in [1.165, 1.54) is 34.9 Å². The van der Waals surface area contributed by atoms with E-state index in [-0.39, 0.29) is 23.0 Å². The number of unbranched alkanes of at least 4 members (excludes halogenated alkanes) is 2. The van der Waals surface area contributed by atoms with Crippen LogP contribution < -0.4 is 0 Å². The van der Waals surface area contributed by atoms with E-state index in [9.17, 15) is 19.7 Å². The molecule has 0 saturated carbocycles. The number of carbonyl (C=O) groups is 2. The number of carbonyl (C=O) groups excluding carboxylic acids is 1. The SMILES string of the molecule is O=C(O)CCCCCN1C(=O)/C(=C/c2ccc(-c3ccc([N+](=O)[O-])cc3Cl)o2)SC1=S. The molecule has 0 unspecified atom stereocenters. The Labute approximate surface area is 192 Å². The fourth-order valence-electron chi connectivity index (χ4n) is 2.94. The maximum Gasteiger partial charge on any atom is 0.303 e. The average Bonchev–Trinajstić information content (AvgIpc) is 3.27. The van der Waals surface area contributed by atoms with Crippen LogP contribution in [0.15, 0.2) is 39.7 Å². The van der Waals surface area contributed by atoms with Crippen LogP contribution in [0, 0.1) is 10.1 Å². The molecule has 2 heterocycles. The third-order valence-electron chi connectivity index (χ3n) is 4.48. The number of benzene rings is 1. The number of nitrogens with zero attached hydrogens (tertiary/aromatic N) is 2. The highest BCUT2D eigenvalue weighted by Gasteiger charge is 2.31. The number of nitro benzene ring substituents is 1. The van der Waals surface area contributed by atoms with Gasteiger partial charge in [-0.3, -0.25) is 24.6 Å². The van der Waals surface area contributed by atoms with Crippen molar-refractivity contribution >= 4 is 63.5 Å². The molecule has 8 nitrogen and oxygen atoms in total. The van der Waals surface area contributed by atoms with Crippen LogP contribution >= 0.6 is 35.6 Å². The van der Waals surface area contributed by atoms with Gasteiger partial charge in [0.05, 0.1) is 14.9 Å². The van der Waals surface area contributed by atoms with E-state index in [1.54, 1.807) is 18.2 Å². The van der Waals surface area contributed by atoms with Crippen LogP contribution in [0.4, 0.5) is 5.69 Å². The molecule has 0 spiro atoms. The first-order valence-electron chi connectivity index (χ1n) is 9.27. The molecule has 1 fully saturated rings. The van der Waals surface area contributed by atoms with Crippen LogP contribution in [0.3, 0.4) is 0 Å². The normalized spacial score (nSPS) is 15.1. The van der Waals surface area contributed by atoms with Crippen molar-refractivity contribution in [3.8, 4) is 11.3 Å². The monoisotopic (exact) mass is 480 g/mol. The minimum atomic E-state index is -0.832. The smallest absolute Gasteiger partial charge is 0.303 e. The second-order valence-electron chi connectivity index (χ2n) is 6.66. The molecule has 1 N–H and O–H groups in total. The highest BCUT2D eigenvalue weighted by molar-refractivity contribution is 8.26. The highest BCUT2D eigenvalue weighted by Crippen LogP contribution is 2.35. The summed E-state index contributed by atoms with van der Waals surface area (Å²) in [6.07, 6.45) is 3.61. The maximum atomic E-state index is 12.7. The summed E-state index contributed by atoms with van der Waals surface area (Å²) in [4.78, 5) is 35.5. The van der Waals surface area contributed by atoms with Crippen molar-refractivity contribution in [2.45, 2.75) is 25.7 Å². The zero-order valence-corrected chi connectivity index (χ0v) is 18.5. The van der Waals surface area contributed by atoms with Crippen molar-refractivity contribution in [3.05, 3.63) is 56.1 Å². The molecule has 0 bridgehead atoms. The Bertz CT molecular complexity index is 1080. The number of nitro groups is 1. The quantitative estimate of drug-likeness (QED) is 0.168. The molecule has 1 aromatic carbocycles. The third kappa shape index (κ3) is 5.72. The lowest BCUT2D eigenvalue weighted by molar-refractivity contribution is -0.384. The Hall–Kier alpha value is -2.69. The largest absolute Gasteiger partial charge is 0.481 e. The van der Waals surface area contributed by atoms with Crippen LogP contribution in [0.2, 0.25) is 5.02 Å². The number of thiocarbonyl (C=S) groups is 1. The van der Waals surface area contributed by atoms with E-state index in [1.807, 2.05) is 0 Å². The summed E-state index contributed by atoms with van der Waals surface area (Å²) in [5.41, 5.74) is 0.382. The molecule has 0 atom stereocenters. The molecule has 0 radical (unpaired) electrons. The van der Waals surface area contributed by atoms with Crippen molar-refractivity contribution in [2.24, 2.45) is 0 Å². The van der Waals surface area contributed by atoms with Gasteiger partial charge in [0.2, 0.25) is 0 Å². The molecule has 1 aliphatic rings. The Morgan fingerprint density at radius 1 is 1.29 bits per heavy atom. The van der Waals surface area contributed by atoms with Gasteiger partial charge in [0.1, 0.15) is 15.8 Å². The summed E-state index contributed by atoms with van der Waals surface area (Å²) in [5.74, 6) is -0.215. The van der Waals surface area contributed by atoms with E-state index in [4.69, 9.17) is 33.3 Å². The summed E-state index contributed by atoms with van der Waals surface area (Å²) < 4.78 is 6.20. The summed E-state index contributed by atoms with van der Waals surface area (Å²) in [7, 11) is 0. The van der Waals surface area contributed by atoms with Gasteiger partial charge in [0.15, 0.2) is 0 Å².